The molecule has 15 heteroatoms. The molecule has 2 aliphatic rings. The van der Waals surface area contributed by atoms with Crippen LogP contribution in [0.15, 0.2) is 0 Å². The molecular weight excluding hydrogens is 600 g/mol. The molecule has 2 saturated heterocycles. The van der Waals surface area contributed by atoms with Crippen molar-refractivity contribution in [1.82, 2.24) is 0 Å². The van der Waals surface area contributed by atoms with Gasteiger partial charge in [-0.2, -0.15) is 0 Å². The number of ether oxygens (including phenoxy) is 9. The van der Waals surface area contributed by atoms with E-state index >= 15 is 0 Å². The lowest BCUT2D eigenvalue weighted by Crippen LogP contribution is -2.64. The van der Waals surface area contributed by atoms with Crippen molar-refractivity contribution in [1.29, 1.82) is 0 Å². The smallest absolute Gasteiger partial charge is 0.306 e. The highest BCUT2D eigenvalue weighted by Gasteiger charge is 2.56. The largest absolute Gasteiger partial charge is 0.463 e. The Balaban J connectivity index is 2.60. The van der Waals surface area contributed by atoms with Crippen LogP contribution in [-0.4, -0.2) is 104 Å². The minimum absolute atomic E-state index is 0.0387. The topological polar surface area (TPSA) is 185 Å². The third-order valence-corrected chi connectivity index (χ3v) is 7.04. The Morgan fingerprint density at radius 1 is 0.467 bits per heavy atom. The molecule has 256 valence electrons. The molecule has 2 rings (SSSR count). The van der Waals surface area contributed by atoms with E-state index in [1.165, 1.54) is 0 Å². The maximum atomic E-state index is 12.7. The van der Waals surface area contributed by atoms with Crippen molar-refractivity contribution in [3.8, 4) is 0 Å². The van der Waals surface area contributed by atoms with Gasteiger partial charge in [0.2, 0.25) is 0 Å². The van der Waals surface area contributed by atoms with Crippen LogP contribution in [0.2, 0.25) is 0 Å². The van der Waals surface area contributed by atoms with Gasteiger partial charge in [0.15, 0.2) is 30.7 Å². The number of hydrogen-bond donors (Lipinski definition) is 0. The van der Waals surface area contributed by atoms with Crippen molar-refractivity contribution in [2.45, 2.75) is 142 Å². The normalized spacial score (nSPS) is 29.3. The second-order valence-electron chi connectivity index (χ2n) is 10.3. The quantitative estimate of drug-likeness (QED) is 0.175. The zero-order valence-electron chi connectivity index (χ0n) is 27.0. The van der Waals surface area contributed by atoms with Crippen LogP contribution in [-0.2, 0) is 71.4 Å². The molecule has 0 saturated carbocycles. The lowest BCUT2D eigenvalue weighted by molar-refractivity contribution is -0.323. The predicted molar refractivity (Wildman–Crippen MR) is 151 cm³/mol. The maximum absolute atomic E-state index is 12.7. The van der Waals surface area contributed by atoms with Gasteiger partial charge in [0.05, 0.1) is 6.10 Å². The monoisotopic (exact) mass is 646 g/mol. The van der Waals surface area contributed by atoms with Crippen molar-refractivity contribution < 1.29 is 71.4 Å². The minimum Gasteiger partial charge on any atom is -0.463 e. The van der Waals surface area contributed by atoms with Gasteiger partial charge in [-0.1, -0.05) is 41.5 Å². The summed E-state index contributed by atoms with van der Waals surface area (Å²) >= 11 is 0. The molecule has 0 spiro atoms. The third kappa shape index (κ3) is 10.9. The molecule has 45 heavy (non-hydrogen) atoms. The maximum Gasteiger partial charge on any atom is 0.306 e. The summed E-state index contributed by atoms with van der Waals surface area (Å²) in [6.07, 6.45) is -11.0. The number of hydrogen-bond acceptors (Lipinski definition) is 15. The van der Waals surface area contributed by atoms with Crippen molar-refractivity contribution in [2.24, 2.45) is 0 Å². The summed E-state index contributed by atoms with van der Waals surface area (Å²) in [5.41, 5.74) is 0. The highest BCUT2D eigenvalue weighted by Crippen LogP contribution is 2.35. The molecule has 0 N–H and O–H groups in total. The Labute approximate surface area is 262 Å². The van der Waals surface area contributed by atoms with Gasteiger partial charge < -0.3 is 42.6 Å². The lowest BCUT2D eigenvalue weighted by atomic mass is 9.97. The van der Waals surface area contributed by atoms with Crippen LogP contribution in [0.3, 0.4) is 0 Å². The first kappa shape index (κ1) is 37.9. The average Bonchev–Trinajstić information content (AvgIpc) is 3.33. The predicted octanol–water partition coefficient (Wildman–Crippen LogP) is 2.08. The molecule has 9 atom stereocenters. The fourth-order valence-corrected chi connectivity index (χ4v) is 4.54. The van der Waals surface area contributed by atoms with Crippen LogP contribution in [0.1, 0.15) is 87.0 Å². The molecule has 0 bridgehead atoms. The summed E-state index contributed by atoms with van der Waals surface area (Å²) in [6, 6.07) is 0. The number of carbonyl (C=O) groups is 6. The van der Waals surface area contributed by atoms with E-state index in [1.807, 2.05) is 0 Å². The van der Waals surface area contributed by atoms with Gasteiger partial charge in [-0.05, 0) is 6.92 Å². The lowest BCUT2D eigenvalue weighted by Gasteiger charge is -2.45. The van der Waals surface area contributed by atoms with Crippen molar-refractivity contribution in [3.05, 3.63) is 0 Å². The SMILES string of the molecule is CCC(=O)OCC1OC(OC2C(COC(=O)CC)O[C@@H](C)C2OC(=O)CC)C(OC(=O)CC)C(OC(=O)CC)C1OC(=O)CC. The van der Waals surface area contributed by atoms with Crippen LogP contribution in [0.25, 0.3) is 0 Å². The molecular formula is C30H46O15. The highest BCUT2D eigenvalue weighted by molar-refractivity contribution is 5.72. The van der Waals surface area contributed by atoms with Gasteiger partial charge in [0, 0.05) is 38.5 Å². The summed E-state index contributed by atoms with van der Waals surface area (Å²) < 4.78 is 51.7. The van der Waals surface area contributed by atoms with Crippen LogP contribution in [0.4, 0.5) is 0 Å². The van der Waals surface area contributed by atoms with Gasteiger partial charge in [0.25, 0.3) is 0 Å². The van der Waals surface area contributed by atoms with Crippen LogP contribution in [0.5, 0.6) is 0 Å². The van der Waals surface area contributed by atoms with E-state index in [2.05, 4.69) is 0 Å². The molecule has 0 amide bonds. The summed E-state index contributed by atoms with van der Waals surface area (Å²) in [5.74, 6) is -3.76. The van der Waals surface area contributed by atoms with Gasteiger partial charge in [-0.25, -0.2) is 0 Å². The molecule has 0 aromatic rings. The van der Waals surface area contributed by atoms with Crippen LogP contribution >= 0.6 is 0 Å². The molecule has 0 aromatic heterocycles. The van der Waals surface area contributed by atoms with E-state index < -0.39 is 97.5 Å². The van der Waals surface area contributed by atoms with E-state index in [1.54, 1.807) is 48.5 Å². The van der Waals surface area contributed by atoms with E-state index in [9.17, 15) is 28.8 Å². The zero-order chi connectivity index (χ0) is 33.7. The van der Waals surface area contributed by atoms with Gasteiger partial charge >= 0.3 is 35.8 Å². The first-order chi connectivity index (χ1) is 21.4. The molecule has 0 aromatic carbocycles. The van der Waals surface area contributed by atoms with E-state index in [0.717, 1.165) is 0 Å². The fourth-order valence-electron chi connectivity index (χ4n) is 4.54. The number of esters is 6. The van der Waals surface area contributed by atoms with E-state index in [0.29, 0.717) is 0 Å². The number of carbonyl (C=O) groups excluding carboxylic acids is 6. The van der Waals surface area contributed by atoms with Gasteiger partial charge in [0.1, 0.15) is 31.5 Å². The van der Waals surface area contributed by atoms with Crippen LogP contribution in [0, 0.1) is 0 Å². The Bertz CT molecular complexity index is 1030. The summed E-state index contributed by atoms with van der Waals surface area (Å²) in [6.45, 7) is 10.4. The molecule has 15 nitrogen and oxygen atoms in total. The second-order valence-corrected chi connectivity index (χ2v) is 10.3. The zero-order valence-corrected chi connectivity index (χ0v) is 27.0. The first-order valence-corrected chi connectivity index (χ1v) is 15.5. The van der Waals surface area contributed by atoms with Crippen molar-refractivity contribution >= 4 is 35.8 Å². The molecule has 2 heterocycles. The Kier molecular flexibility index (Phi) is 15.7. The molecule has 0 aliphatic carbocycles. The summed E-state index contributed by atoms with van der Waals surface area (Å²) in [5, 5.41) is 0. The van der Waals surface area contributed by atoms with E-state index in [4.69, 9.17) is 42.6 Å². The Morgan fingerprint density at radius 3 is 1.29 bits per heavy atom. The molecule has 8 unspecified atom stereocenters. The first-order valence-electron chi connectivity index (χ1n) is 15.5. The third-order valence-electron chi connectivity index (χ3n) is 7.04. The second kappa shape index (κ2) is 18.6. The van der Waals surface area contributed by atoms with Crippen molar-refractivity contribution in [2.75, 3.05) is 13.2 Å². The fraction of sp³-hybridized carbons (Fsp3) is 0.800. The standard InChI is InChI=1S/C30H46O15/c1-8-19(31)37-14-17-26(25(16(7)39-17)41-21(33)10-3)45-30-29(44-24(36)13-6)28(43-23(35)12-5)27(42-22(34)11-4)18(40-30)15-38-20(32)9-2/h16-18,25-30H,8-15H2,1-7H3/t16-,17?,18?,25?,26?,27?,28?,29?,30?/m0/s1. The highest BCUT2D eigenvalue weighted by atomic mass is 16.8. The average molecular weight is 647 g/mol. The Morgan fingerprint density at radius 2 is 0.844 bits per heavy atom. The van der Waals surface area contributed by atoms with E-state index in [-0.39, 0.29) is 45.1 Å². The summed E-state index contributed by atoms with van der Waals surface area (Å²) in [7, 11) is 0. The van der Waals surface area contributed by atoms with Gasteiger partial charge in [-0.15, -0.1) is 0 Å². The minimum atomic E-state index is -1.55. The summed E-state index contributed by atoms with van der Waals surface area (Å²) in [4.78, 5) is 74.2. The van der Waals surface area contributed by atoms with Gasteiger partial charge in [-0.3, -0.25) is 28.8 Å². The number of rotatable bonds is 16. The molecule has 0 radical (unpaired) electrons. The molecule has 2 aliphatic heterocycles. The van der Waals surface area contributed by atoms with Crippen molar-refractivity contribution in [3.63, 3.8) is 0 Å². The Hall–Kier alpha value is -3.30. The van der Waals surface area contributed by atoms with Crippen LogP contribution < -0.4 is 0 Å². The molecule has 2 fully saturated rings.